The van der Waals surface area contributed by atoms with Gasteiger partial charge in [0.25, 0.3) is 0 Å². The summed E-state index contributed by atoms with van der Waals surface area (Å²) in [6.45, 7) is 2.78. The molecular formula is C10H12N4O. The third-order valence-corrected chi connectivity index (χ3v) is 2.11. The monoisotopic (exact) mass is 204 g/mol. The molecule has 0 unspecified atom stereocenters. The first-order valence-corrected chi connectivity index (χ1v) is 4.74. The van der Waals surface area contributed by atoms with Gasteiger partial charge in [-0.2, -0.15) is 0 Å². The van der Waals surface area contributed by atoms with Gasteiger partial charge in [0.05, 0.1) is 11.0 Å². The van der Waals surface area contributed by atoms with Gasteiger partial charge in [-0.05, 0) is 25.1 Å². The standard InChI is InChI=1S/C10H12N4O/c1-2-12-10-13-7-4-3-6(9(11)15)5-8(7)14-10/h3-5H,2H2,1H3,(H2,11,15)(H2,12,13,14). The number of amides is 1. The maximum absolute atomic E-state index is 10.9. The number of hydrogen-bond acceptors (Lipinski definition) is 3. The lowest BCUT2D eigenvalue weighted by Gasteiger charge is -1.94. The Morgan fingerprint density at radius 3 is 3.07 bits per heavy atom. The minimum Gasteiger partial charge on any atom is -0.366 e. The van der Waals surface area contributed by atoms with Gasteiger partial charge in [-0.25, -0.2) is 4.98 Å². The minimum atomic E-state index is -0.434. The van der Waals surface area contributed by atoms with E-state index in [1.807, 2.05) is 6.92 Å². The number of rotatable bonds is 3. The number of benzene rings is 1. The zero-order valence-electron chi connectivity index (χ0n) is 8.37. The first-order valence-electron chi connectivity index (χ1n) is 4.74. The van der Waals surface area contributed by atoms with Crippen LogP contribution in [0.1, 0.15) is 17.3 Å². The third kappa shape index (κ3) is 1.76. The van der Waals surface area contributed by atoms with Crippen LogP contribution in [-0.2, 0) is 0 Å². The molecule has 1 aromatic carbocycles. The second-order valence-corrected chi connectivity index (χ2v) is 3.21. The molecule has 0 spiro atoms. The number of carbonyl (C=O) groups is 1. The summed E-state index contributed by atoms with van der Waals surface area (Å²) in [7, 11) is 0. The van der Waals surface area contributed by atoms with Crippen LogP contribution in [0.15, 0.2) is 18.2 Å². The molecule has 5 heteroatoms. The van der Waals surface area contributed by atoms with Crippen molar-refractivity contribution in [3.8, 4) is 0 Å². The van der Waals surface area contributed by atoms with Crippen molar-refractivity contribution in [1.82, 2.24) is 9.97 Å². The summed E-state index contributed by atoms with van der Waals surface area (Å²) >= 11 is 0. The molecule has 1 heterocycles. The number of hydrogen-bond donors (Lipinski definition) is 3. The van der Waals surface area contributed by atoms with Crippen LogP contribution in [0.25, 0.3) is 11.0 Å². The lowest BCUT2D eigenvalue weighted by atomic mass is 10.2. The zero-order chi connectivity index (χ0) is 10.8. The molecule has 78 valence electrons. The number of anilines is 1. The zero-order valence-corrected chi connectivity index (χ0v) is 8.37. The molecule has 0 atom stereocenters. The maximum atomic E-state index is 10.9. The molecule has 0 aliphatic heterocycles. The maximum Gasteiger partial charge on any atom is 0.248 e. The van der Waals surface area contributed by atoms with E-state index in [0.717, 1.165) is 17.6 Å². The molecule has 0 radical (unpaired) electrons. The quantitative estimate of drug-likeness (QED) is 0.699. The smallest absolute Gasteiger partial charge is 0.248 e. The number of imidazole rings is 1. The van der Waals surface area contributed by atoms with Crippen molar-refractivity contribution in [2.24, 2.45) is 5.73 Å². The van der Waals surface area contributed by atoms with Crippen LogP contribution in [0.3, 0.4) is 0 Å². The molecule has 4 N–H and O–H groups in total. The molecule has 2 aromatic rings. The van der Waals surface area contributed by atoms with Gasteiger partial charge in [-0.3, -0.25) is 4.79 Å². The van der Waals surface area contributed by atoms with Crippen LogP contribution in [0, 0.1) is 0 Å². The van der Waals surface area contributed by atoms with Crippen LogP contribution in [0.2, 0.25) is 0 Å². The molecule has 1 amide bonds. The van der Waals surface area contributed by atoms with Crippen molar-refractivity contribution < 1.29 is 4.79 Å². The molecule has 15 heavy (non-hydrogen) atoms. The number of aromatic amines is 1. The number of nitrogens with zero attached hydrogens (tertiary/aromatic N) is 1. The van der Waals surface area contributed by atoms with Crippen LogP contribution >= 0.6 is 0 Å². The predicted octanol–water partition coefficient (Wildman–Crippen LogP) is 1.09. The number of H-pyrrole nitrogens is 1. The Morgan fingerprint density at radius 1 is 1.60 bits per heavy atom. The Morgan fingerprint density at radius 2 is 2.40 bits per heavy atom. The van der Waals surface area contributed by atoms with Crippen molar-refractivity contribution in [3.63, 3.8) is 0 Å². The van der Waals surface area contributed by atoms with Crippen molar-refractivity contribution in [2.45, 2.75) is 6.92 Å². The highest BCUT2D eigenvalue weighted by molar-refractivity contribution is 5.96. The first kappa shape index (κ1) is 9.51. The second kappa shape index (κ2) is 3.61. The van der Waals surface area contributed by atoms with Crippen molar-refractivity contribution in [3.05, 3.63) is 23.8 Å². The van der Waals surface area contributed by atoms with Gasteiger partial charge in [0.15, 0.2) is 0 Å². The van der Waals surface area contributed by atoms with Crippen molar-refractivity contribution >= 4 is 22.9 Å². The Bertz CT molecular complexity index is 503. The summed E-state index contributed by atoms with van der Waals surface area (Å²) in [5, 5.41) is 3.06. The SMILES string of the molecule is CCNc1nc2ccc(C(N)=O)cc2[nH]1. The van der Waals surface area contributed by atoms with E-state index in [0.29, 0.717) is 11.5 Å². The van der Waals surface area contributed by atoms with Crippen molar-refractivity contribution in [2.75, 3.05) is 11.9 Å². The molecule has 5 nitrogen and oxygen atoms in total. The fourth-order valence-electron chi connectivity index (χ4n) is 1.41. The largest absolute Gasteiger partial charge is 0.366 e. The molecule has 0 aliphatic carbocycles. The van der Waals surface area contributed by atoms with E-state index in [4.69, 9.17) is 5.73 Å². The summed E-state index contributed by atoms with van der Waals surface area (Å²) in [4.78, 5) is 18.3. The van der Waals surface area contributed by atoms with E-state index in [2.05, 4.69) is 15.3 Å². The Kier molecular flexibility index (Phi) is 2.29. The van der Waals surface area contributed by atoms with Crippen LogP contribution in [-0.4, -0.2) is 22.4 Å². The summed E-state index contributed by atoms with van der Waals surface area (Å²) in [5.41, 5.74) is 7.29. The van der Waals surface area contributed by atoms with E-state index in [1.54, 1.807) is 18.2 Å². The Balaban J connectivity index is 2.47. The van der Waals surface area contributed by atoms with E-state index in [1.165, 1.54) is 0 Å². The van der Waals surface area contributed by atoms with Gasteiger partial charge in [0, 0.05) is 12.1 Å². The van der Waals surface area contributed by atoms with Crippen LogP contribution in [0.4, 0.5) is 5.95 Å². The summed E-state index contributed by atoms with van der Waals surface area (Å²) in [6, 6.07) is 5.14. The fourth-order valence-corrected chi connectivity index (χ4v) is 1.41. The fraction of sp³-hybridized carbons (Fsp3) is 0.200. The molecule has 2 rings (SSSR count). The predicted molar refractivity (Wildman–Crippen MR) is 58.8 cm³/mol. The molecule has 1 aromatic heterocycles. The Labute approximate surface area is 86.7 Å². The molecule has 0 fully saturated rings. The van der Waals surface area contributed by atoms with Gasteiger partial charge in [0.2, 0.25) is 11.9 Å². The highest BCUT2D eigenvalue weighted by Gasteiger charge is 2.05. The number of aromatic nitrogens is 2. The lowest BCUT2D eigenvalue weighted by molar-refractivity contribution is 0.100. The van der Waals surface area contributed by atoms with E-state index in [9.17, 15) is 4.79 Å². The first-order chi connectivity index (χ1) is 7.20. The summed E-state index contributed by atoms with van der Waals surface area (Å²) in [5.74, 6) is 0.269. The van der Waals surface area contributed by atoms with Gasteiger partial charge in [0.1, 0.15) is 0 Å². The molecular weight excluding hydrogens is 192 g/mol. The third-order valence-electron chi connectivity index (χ3n) is 2.11. The van der Waals surface area contributed by atoms with Gasteiger partial charge >= 0.3 is 0 Å². The Hall–Kier alpha value is -2.04. The number of primary amides is 1. The molecule has 0 bridgehead atoms. The average Bonchev–Trinajstić information content (AvgIpc) is 2.59. The lowest BCUT2D eigenvalue weighted by Crippen LogP contribution is -2.10. The van der Waals surface area contributed by atoms with E-state index in [-0.39, 0.29) is 0 Å². The normalized spacial score (nSPS) is 10.5. The van der Waals surface area contributed by atoms with E-state index < -0.39 is 5.91 Å². The highest BCUT2D eigenvalue weighted by atomic mass is 16.1. The highest BCUT2D eigenvalue weighted by Crippen LogP contribution is 2.15. The molecule has 0 saturated carbocycles. The summed E-state index contributed by atoms with van der Waals surface area (Å²) in [6.07, 6.45) is 0. The van der Waals surface area contributed by atoms with Crippen LogP contribution in [0.5, 0.6) is 0 Å². The number of nitrogens with two attached hydrogens (primary N) is 1. The number of nitrogens with one attached hydrogen (secondary N) is 2. The average molecular weight is 204 g/mol. The topological polar surface area (TPSA) is 83.8 Å². The van der Waals surface area contributed by atoms with Crippen LogP contribution < -0.4 is 11.1 Å². The molecule has 0 saturated heterocycles. The van der Waals surface area contributed by atoms with E-state index >= 15 is 0 Å². The summed E-state index contributed by atoms with van der Waals surface area (Å²) < 4.78 is 0. The van der Waals surface area contributed by atoms with Gasteiger partial charge in [-0.1, -0.05) is 0 Å². The van der Waals surface area contributed by atoms with Gasteiger partial charge < -0.3 is 16.0 Å². The number of fused-ring (bicyclic) bond motifs is 1. The van der Waals surface area contributed by atoms with Crippen molar-refractivity contribution in [1.29, 1.82) is 0 Å². The second-order valence-electron chi connectivity index (χ2n) is 3.21. The molecule has 0 aliphatic rings. The number of carbonyl (C=O) groups excluding carboxylic acids is 1. The minimum absolute atomic E-state index is 0.434. The van der Waals surface area contributed by atoms with Gasteiger partial charge in [-0.15, -0.1) is 0 Å².